The minimum Gasteiger partial charge on any atom is -0.461 e. The Balaban J connectivity index is 2.46. The number of aryl methyl sites for hydroxylation is 2. The van der Waals surface area contributed by atoms with Crippen LogP contribution in [0.15, 0.2) is 12.4 Å². The average Bonchev–Trinajstić information content (AvgIpc) is 2.85. The Morgan fingerprint density at radius 2 is 2.24 bits per heavy atom. The van der Waals surface area contributed by atoms with E-state index in [1.54, 1.807) is 38.1 Å². The highest BCUT2D eigenvalue weighted by Gasteiger charge is 2.21. The van der Waals surface area contributed by atoms with E-state index in [1.165, 1.54) is 4.68 Å². The fourth-order valence-corrected chi connectivity index (χ4v) is 1.56. The third kappa shape index (κ3) is 2.03. The predicted molar refractivity (Wildman–Crippen MR) is 59.2 cm³/mol. The fraction of sp³-hybridized carbons (Fsp3) is 0.400. The van der Waals surface area contributed by atoms with Crippen LogP contribution < -0.4 is 0 Å². The van der Waals surface area contributed by atoms with Gasteiger partial charge in [-0.15, -0.1) is 5.10 Å². The molecule has 0 unspecified atom stereocenters. The smallest absolute Gasteiger partial charge is 0.361 e. The summed E-state index contributed by atoms with van der Waals surface area (Å²) in [4.78, 5) is 11.7. The molecule has 2 aromatic heterocycles. The van der Waals surface area contributed by atoms with Gasteiger partial charge in [-0.05, 0) is 6.92 Å². The number of carbonyl (C=O) groups excluding carboxylic acids is 1. The molecule has 0 spiro atoms. The van der Waals surface area contributed by atoms with Gasteiger partial charge in [0.15, 0.2) is 5.69 Å². The summed E-state index contributed by atoms with van der Waals surface area (Å²) >= 11 is 0. The summed E-state index contributed by atoms with van der Waals surface area (Å²) in [6.45, 7) is 2.06. The largest absolute Gasteiger partial charge is 0.461 e. The Bertz CT molecular complexity index is 543. The number of hydrogen-bond donors (Lipinski definition) is 0. The Morgan fingerprint density at radius 3 is 2.82 bits per heavy atom. The molecular weight excluding hydrogens is 222 g/mol. The van der Waals surface area contributed by atoms with Crippen LogP contribution in [-0.2, 0) is 18.8 Å². The van der Waals surface area contributed by atoms with Crippen LogP contribution in [-0.4, -0.2) is 37.4 Å². The van der Waals surface area contributed by atoms with E-state index in [4.69, 9.17) is 4.74 Å². The first-order chi connectivity index (χ1) is 8.13. The van der Waals surface area contributed by atoms with E-state index in [1.807, 2.05) is 0 Å². The number of ether oxygens (including phenoxy) is 1. The predicted octanol–water partition coefficient (Wildman–Crippen LogP) is 0.392. The lowest BCUT2D eigenvalue weighted by Crippen LogP contribution is -2.07. The first-order valence-electron chi connectivity index (χ1n) is 5.19. The molecule has 0 N–H and O–H groups in total. The number of carbonyl (C=O) groups is 1. The molecule has 0 aliphatic carbocycles. The van der Waals surface area contributed by atoms with Crippen molar-refractivity contribution in [3.63, 3.8) is 0 Å². The van der Waals surface area contributed by atoms with Crippen molar-refractivity contribution in [1.82, 2.24) is 24.8 Å². The molecule has 0 bridgehead atoms. The summed E-state index contributed by atoms with van der Waals surface area (Å²) in [5.74, 6) is -0.473. The summed E-state index contributed by atoms with van der Waals surface area (Å²) in [5, 5.41) is 11.7. The van der Waals surface area contributed by atoms with Gasteiger partial charge in [-0.25, -0.2) is 9.48 Å². The Kier molecular flexibility index (Phi) is 2.90. The van der Waals surface area contributed by atoms with E-state index < -0.39 is 5.97 Å². The third-order valence-corrected chi connectivity index (χ3v) is 2.27. The lowest BCUT2D eigenvalue weighted by molar-refractivity contribution is 0.0520. The van der Waals surface area contributed by atoms with E-state index in [-0.39, 0.29) is 5.69 Å². The minimum absolute atomic E-state index is 0.211. The molecule has 17 heavy (non-hydrogen) atoms. The maximum absolute atomic E-state index is 11.7. The molecule has 0 aliphatic rings. The van der Waals surface area contributed by atoms with Crippen LogP contribution in [0.5, 0.6) is 0 Å². The molecule has 0 atom stereocenters. The van der Waals surface area contributed by atoms with Crippen molar-refractivity contribution in [3.05, 3.63) is 18.1 Å². The van der Waals surface area contributed by atoms with Crippen molar-refractivity contribution in [2.75, 3.05) is 6.61 Å². The molecule has 2 rings (SSSR count). The lowest BCUT2D eigenvalue weighted by Gasteiger charge is -2.01. The Labute approximate surface area is 98.0 Å². The van der Waals surface area contributed by atoms with Gasteiger partial charge in [0.1, 0.15) is 5.69 Å². The summed E-state index contributed by atoms with van der Waals surface area (Å²) < 4.78 is 8.11. The summed E-state index contributed by atoms with van der Waals surface area (Å²) in [6.07, 6.45) is 3.45. The highest BCUT2D eigenvalue weighted by molar-refractivity contribution is 5.93. The van der Waals surface area contributed by atoms with Crippen molar-refractivity contribution >= 4 is 5.97 Å². The van der Waals surface area contributed by atoms with Gasteiger partial charge in [0, 0.05) is 25.9 Å². The van der Waals surface area contributed by atoms with Gasteiger partial charge in [0.25, 0.3) is 0 Å². The standard InChI is InChI=1S/C10H13N5O2/c1-4-17-10(16)8-9(15(3)13-12-8)7-5-11-14(2)6-7/h5-6H,4H2,1-3H3. The van der Waals surface area contributed by atoms with Gasteiger partial charge in [-0.1, -0.05) is 5.21 Å². The molecule has 0 saturated carbocycles. The lowest BCUT2D eigenvalue weighted by atomic mass is 10.2. The fourth-order valence-electron chi connectivity index (χ4n) is 1.56. The SMILES string of the molecule is CCOC(=O)c1nnn(C)c1-c1cnn(C)c1. The van der Waals surface area contributed by atoms with Gasteiger partial charge < -0.3 is 4.74 Å². The Hall–Kier alpha value is -2.18. The molecule has 2 heterocycles. The zero-order valence-electron chi connectivity index (χ0n) is 9.91. The van der Waals surface area contributed by atoms with Crippen molar-refractivity contribution in [3.8, 4) is 11.3 Å². The van der Waals surface area contributed by atoms with Crippen LogP contribution in [0.2, 0.25) is 0 Å². The van der Waals surface area contributed by atoms with Crippen molar-refractivity contribution < 1.29 is 9.53 Å². The summed E-state index contributed by atoms with van der Waals surface area (Å²) in [6, 6.07) is 0. The second-order valence-electron chi connectivity index (χ2n) is 3.53. The Morgan fingerprint density at radius 1 is 1.47 bits per heavy atom. The number of rotatable bonds is 3. The highest BCUT2D eigenvalue weighted by Crippen LogP contribution is 2.21. The first-order valence-corrected chi connectivity index (χ1v) is 5.19. The number of hydrogen-bond acceptors (Lipinski definition) is 5. The van der Waals surface area contributed by atoms with Crippen LogP contribution in [0.1, 0.15) is 17.4 Å². The van der Waals surface area contributed by atoms with E-state index in [0.717, 1.165) is 5.56 Å². The van der Waals surface area contributed by atoms with E-state index in [0.29, 0.717) is 12.3 Å². The highest BCUT2D eigenvalue weighted by atomic mass is 16.5. The molecule has 0 saturated heterocycles. The van der Waals surface area contributed by atoms with Gasteiger partial charge in [0.05, 0.1) is 12.8 Å². The second kappa shape index (κ2) is 4.36. The average molecular weight is 235 g/mol. The number of esters is 1. The zero-order chi connectivity index (χ0) is 12.4. The van der Waals surface area contributed by atoms with Crippen molar-refractivity contribution in [2.24, 2.45) is 14.1 Å². The molecule has 0 aliphatic heterocycles. The maximum atomic E-state index is 11.7. The molecule has 0 fully saturated rings. The second-order valence-corrected chi connectivity index (χ2v) is 3.53. The van der Waals surface area contributed by atoms with E-state index in [9.17, 15) is 4.79 Å². The molecule has 90 valence electrons. The van der Waals surface area contributed by atoms with Crippen LogP contribution in [0.4, 0.5) is 0 Å². The van der Waals surface area contributed by atoms with Gasteiger partial charge in [-0.3, -0.25) is 4.68 Å². The summed E-state index contributed by atoms with van der Waals surface area (Å²) in [7, 11) is 3.52. The quantitative estimate of drug-likeness (QED) is 0.719. The number of aromatic nitrogens is 5. The first kappa shape index (κ1) is 11.3. The topological polar surface area (TPSA) is 74.8 Å². The minimum atomic E-state index is -0.473. The van der Waals surface area contributed by atoms with Gasteiger partial charge >= 0.3 is 5.97 Å². The molecule has 0 radical (unpaired) electrons. The van der Waals surface area contributed by atoms with Crippen LogP contribution in [0.3, 0.4) is 0 Å². The summed E-state index contributed by atoms with van der Waals surface area (Å²) in [5.41, 5.74) is 1.60. The zero-order valence-corrected chi connectivity index (χ0v) is 9.91. The number of nitrogens with zero attached hydrogens (tertiary/aromatic N) is 5. The van der Waals surface area contributed by atoms with E-state index >= 15 is 0 Å². The molecular formula is C10H13N5O2. The molecule has 0 aromatic carbocycles. The van der Waals surface area contributed by atoms with Crippen LogP contribution >= 0.6 is 0 Å². The van der Waals surface area contributed by atoms with Crippen LogP contribution in [0.25, 0.3) is 11.3 Å². The maximum Gasteiger partial charge on any atom is 0.361 e. The third-order valence-electron chi connectivity index (χ3n) is 2.27. The van der Waals surface area contributed by atoms with Crippen molar-refractivity contribution in [2.45, 2.75) is 6.92 Å². The van der Waals surface area contributed by atoms with Crippen molar-refractivity contribution in [1.29, 1.82) is 0 Å². The van der Waals surface area contributed by atoms with Crippen LogP contribution in [0, 0.1) is 0 Å². The molecule has 7 nitrogen and oxygen atoms in total. The normalized spacial score (nSPS) is 10.5. The molecule has 2 aromatic rings. The van der Waals surface area contributed by atoms with Gasteiger partial charge in [0.2, 0.25) is 0 Å². The molecule has 7 heteroatoms. The molecule has 0 amide bonds. The van der Waals surface area contributed by atoms with E-state index in [2.05, 4.69) is 15.4 Å². The van der Waals surface area contributed by atoms with Gasteiger partial charge in [-0.2, -0.15) is 5.10 Å². The monoisotopic (exact) mass is 235 g/mol.